The van der Waals surface area contributed by atoms with Gasteiger partial charge in [0, 0.05) is 0 Å². The first kappa shape index (κ1) is 12.6. The Bertz CT molecular complexity index is 455. The highest BCUT2D eigenvalue weighted by Gasteiger charge is 2.65. The number of aliphatic carboxylic acids is 1. The lowest BCUT2D eigenvalue weighted by Gasteiger charge is -2.16. The summed E-state index contributed by atoms with van der Waals surface area (Å²) in [6, 6.07) is 0. The number of carbonyl (C=O) groups is 2. The fourth-order valence-electron chi connectivity index (χ4n) is 2.35. The minimum Gasteiger partial charge on any atom is -0.481 e. The molecule has 0 saturated heterocycles. The average molecular weight is 252 g/mol. The van der Waals surface area contributed by atoms with E-state index in [0.29, 0.717) is 12.2 Å². The molecule has 1 aromatic heterocycles. The molecule has 0 spiro atoms. The maximum atomic E-state index is 11.9. The third-order valence-corrected chi connectivity index (χ3v) is 3.67. The minimum atomic E-state index is -0.897. The fourth-order valence-corrected chi connectivity index (χ4v) is 2.35. The number of carbonyl (C=O) groups excluding carboxylic acids is 1. The minimum absolute atomic E-state index is 0.0592. The Hall–Kier alpha value is -1.85. The van der Waals surface area contributed by atoms with Gasteiger partial charge >= 0.3 is 5.97 Å². The van der Waals surface area contributed by atoms with Crippen molar-refractivity contribution in [3.63, 3.8) is 0 Å². The lowest BCUT2D eigenvalue weighted by Crippen LogP contribution is -2.32. The zero-order valence-corrected chi connectivity index (χ0v) is 10.3. The number of oxazole rings is 1. The number of rotatable bonds is 5. The van der Waals surface area contributed by atoms with Crippen LogP contribution in [0.2, 0.25) is 0 Å². The third-order valence-electron chi connectivity index (χ3n) is 3.67. The summed E-state index contributed by atoms with van der Waals surface area (Å²) in [6.45, 7) is 3.90. The molecule has 6 nitrogen and oxygen atoms in total. The Morgan fingerprint density at radius 2 is 2.39 bits per heavy atom. The highest BCUT2D eigenvalue weighted by molar-refractivity contribution is 5.92. The fraction of sp³-hybridized carbons (Fsp3) is 0.583. The van der Waals surface area contributed by atoms with Crippen LogP contribution in [0.1, 0.15) is 26.0 Å². The molecule has 1 aromatic rings. The van der Waals surface area contributed by atoms with E-state index in [4.69, 9.17) is 4.42 Å². The smallest absolute Gasteiger partial charge is 0.310 e. The van der Waals surface area contributed by atoms with Gasteiger partial charge in [-0.25, -0.2) is 4.98 Å². The van der Waals surface area contributed by atoms with E-state index >= 15 is 0 Å². The van der Waals surface area contributed by atoms with E-state index in [-0.39, 0.29) is 18.4 Å². The zero-order chi connectivity index (χ0) is 13.3. The molecular formula is C12H16N2O4. The molecule has 6 heteroatoms. The van der Waals surface area contributed by atoms with E-state index in [2.05, 4.69) is 10.3 Å². The molecule has 98 valence electrons. The number of nitrogens with zero attached hydrogens (tertiary/aromatic N) is 1. The quantitative estimate of drug-likeness (QED) is 0.816. The van der Waals surface area contributed by atoms with Crippen molar-refractivity contribution in [1.82, 2.24) is 10.3 Å². The molecule has 18 heavy (non-hydrogen) atoms. The van der Waals surface area contributed by atoms with Crippen molar-refractivity contribution in [2.24, 2.45) is 17.3 Å². The van der Waals surface area contributed by atoms with Gasteiger partial charge in [-0.2, -0.15) is 0 Å². The van der Waals surface area contributed by atoms with E-state index in [1.54, 1.807) is 0 Å². The monoisotopic (exact) mass is 252 g/mol. The molecule has 1 fully saturated rings. The summed E-state index contributed by atoms with van der Waals surface area (Å²) in [4.78, 5) is 26.9. The number of amides is 1. The number of hydrogen-bond acceptors (Lipinski definition) is 4. The standard InChI is InChI=1S/C12H16N2O4/c1-7(2)12(11(16)17)3-9(12)10(15)14-5-8-4-13-6-18-8/h4,6-7,9H,3,5H2,1-2H3,(H,14,15)(H,16,17)/t9-,12+/m0/s1. The van der Waals surface area contributed by atoms with Crippen molar-refractivity contribution >= 4 is 11.9 Å². The van der Waals surface area contributed by atoms with E-state index in [1.165, 1.54) is 12.6 Å². The molecule has 2 atom stereocenters. The van der Waals surface area contributed by atoms with Crippen LogP contribution in [0.15, 0.2) is 17.0 Å². The van der Waals surface area contributed by atoms with Gasteiger partial charge in [0.2, 0.25) is 5.91 Å². The second-order valence-corrected chi connectivity index (χ2v) is 4.94. The SMILES string of the molecule is CC(C)[C@]1(C(=O)O)C[C@H]1C(=O)NCc1cnco1. The van der Waals surface area contributed by atoms with Crippen LogP contribution in [0.5, 0.6) is 0 Å². The van der Waals surface area contributed by atoms with E-state index in [9.17, 15) is 14.7 Å². The molecule has 1 amide bonds. The summed E-state index contributed by atoms with van der Waals surface area (Å²) in [5, 5.41) is 11.9. The maximum absolute atomic E-state index is 11.9. The topological polar surface area (TPSA) is 92.4 Å². The Morgan fingerprint density at radius 3 is 2.83 bits per heavy atom. The molecule has 1 aliphatic rings. The number of nitrogens with one attached hydrogen (secondary N) is 1. The largest absolute Gasteiger partial charge is 0.481 e. The van der Waals surface area contributed by atoms with Crippen molar-refractivity contribution in [2.75, 3.05) is 0 Å². The van der Waals surface area contributed by atoms with Gasteiger partial charge in [0.1, 0.15) is 5.76 Å². The molecule has 0 aliphatic heterocycles. The number of carboxylic acids is 1. The van der Waals surface area contributed by atoms with Crippen LogP contribution in [-0.2, 0) is 16.1 Å². The van der Waals surface area contributed by atoms with Crippen molar-refractivity contribution in [2.45, 2.75) is 26.8 Å². The highest BCUT2D eigenvalue weighted by Crippen LogP contribution is 2.58. The Balaban J connectivity index is 1.94. The second-order valence-electron chi connectivity index (χ2n) is 4.94. The lowest BCUT2D eigenvalue weighted by atomic mass is 9.89. The summed E-state index contributed by atoms with van der Waals surface area (Å²) in [5.41, 5.74) is -0.897. The summed E-state index contributed by atoms with van der Waals surface area (Å²) in [7, 11) is 0. The van der Waals surface area contributed by atoms with Crippen LogP contribution >= 0.6 is 0 Å². The summed E-state index contributed by atoms with van der Waals surface area (Å²) in [5.74, 6) is -1.08. The van der Waals surface area contributed by atoms with E-state index < -0.39 is 17.3 Å². The molecule has 0 bridgehead atoms. The predicted molar refractivity (Wildman–Crippen MR) is 61.4 cm³/mol. The molecule has 0 radical (unpaired) electrons. The van der Waals surface area contributed by atoms with Gasteiger partial charge in [0.05, 0.1) is 24.1 Å². The van der Waals surface area contributed by atoms with Crippen LogP contribution in [0.25, 0.3) is 0 Å². The molecular weight excluding hydrogens is 236 g/mol. The van der Waals surface area contributed by atoms with Gasteiger partial charge in [-0.3, -0.25) is 9.59 Å². The molecule has 0 aromatic carbocycles. The normalized spacial score (nSPS) is 26.1. The van der Waals surface area contributed by atoms with Gasteiger partial charge in [0.25, 0.3) is 0 Å². The maximum Gasteiger partial charge on any atom is 0.310 e. The third kappa shape index (κ3) is 1.98. The van der Waals surface area contributed by atoms with Crippen LogP contribution in [0, 0.1) is 17.3 Å². The number of aromatic nitrogens is 1. The van der Waals surface area contributed by atoms with E-state index in [0.717, 1.165) is 0 Å². The number of hydrogen-bond donors (Lipinski definition) is 2. The first-order valence-electron chi connectivity index (χ1n) is 5.87. The lowest BCUT2D eigenvalue weighted by molar-refractivity contribution is -0.147. The van der Waals surface area contributed by atoms with Crippen LogP contribution in [-0.4, -0.2) is 22.0 Å². The Kier molecular flexibility index (Phi) is 3.11. The second kappa shape index (κ2) is 4.44. The van der Waals surface area contributed by atoms with E-state index in [1.807, 2.05) is 13.8 Å². The summed E-state index contributed by atoms with van der Waals surface area (Å²) < 4.78 is 4.99. The zero-order valence-electron chi connectivity index (χ0n) is 10.3. The first-order valence-corrected chi connectivity index (χ1v) is 5.87. The molecule has 1 saturated carbocycles. The van der Waals surface area contributed by atoms with Gasteiger partial charge in [0.15, 0.2) is 6.39 Å². The average Bonchev–Trinajstić information content (AvgIpc) is 2.89. The highest BCUT2D eigenvalue weighted by atomic mass is 16.4. The van der Waals surface area contributed by atoms with Crippen molar-refractivity contribution in [3.05, 3.63) is 18.4 Å². The van der Waals surface area contributed by atoms with Crippen molar-refractivity contribution in [1.29, 1.82) is 0 Å². The molecule has 0 unspecified atom stereocenters. The van der Waals surface area contributed by atoms with Crippen LogP contribution in [0.3, 0.4) is 0 Å². The Morgan fingerprint density at radius 1 is 1.67 bits per heavy atom. The molecule has 1 heterocycles. The summed E-state index contributed by atoms with van der Waals surface area (Å²) in [6.07, 6.45) is 3.20. The number of carboxylic acid groups (broad SMARTS) is 1. The van der Waals surface area contributed by atoms with Gasteiger partial charge in [-0.15, -0.1) is 0 Å². The van der Waals surface area contributed by atoms with Crippen LogP contribution in [0.4, 0.5) is 0 Å². The first-order chi connectivity index (χ1) is 8.48. The molecule has 1 aliphatic carbocycles. The van der Waals surface area contributed by atoms with Gasteiger partial charge in [-0.1, -0.05) is 13.8 Å². The van der Waals surface area contributed by atoms with Crippen molar-refractivity contribution in [3.8, 4) is 0 Å². The van der Waals surface area contributed by atoms with Crippen LogP contribution < -0.4 is 5.32 Å². The van der Waals surface area contributed by atoms with Gasteiger partial charge < -0.3 is 14.8 Å². The molecule has 2 N–H and O–H groups in total. The molecule has 2 rings (SSSR count). The Labute approximate surface area is 104 Å². The predicted octanol–water partition coefficient (Wildman–Crippen LogP) is 1.04. The van der Waals surface area contributed by atoms with Gasteiger partial charge in [-0.05, 0) is 12.3 Å². The van der Waals surface area contributed by atoms with Crippen molar-refractivity contribution < 1.29 is 19.1 Å². The summed E-state index contributed by atoms with van der Waals surface area (Å²) >= 11 is 0.